The molecule has 0 fully saturated rings. The summed E-state index contributed by atoms with van der Waals surface area (Å²) >= 11 is 0. The number of hydrogen-bond donors (Lipinski definition) is 0. The molecule has 0 aliphatic carbocycles. The molecule has 0 spiro atoms. The first kappa shape index (κ1) is 20.0. The Balaban J connectivity index is 2.31. The van der Waals surface area contributed by atoms with E-state index in [2.05, 4.69) is 4.99 Å². The Morgan fingerprint density at radius 3 is 2.31 bits per heavy atom. The van der Waals surface area contributed by atoms with Crippen molar-refractivity contribution < 1.29 is 13.2 Å². The number of aliphatic imine (C=N–C) groups is 1. The van der Waals surface area contributed by atoms with Crippen LogP contribution in [0.2, 0.25) is 0 Å². The number of rotatable bonds is 5. The summed E-state index contributed by atoms with van der Waals surface area (Å²) in [6.07, 6.45) is -2.07. The van der Waals surface area contributed by atoms with E-state index in [-0.39, 0.29) is 5.56 Å². The van der Waals surface area contributed by atoms with Gasteiger partial charge in [0.15, 0.2) is 0 Å². The molecule has 26 heavy (non-hydrogen) atoms. The van der Waals surface area contributed by atoms with Crippen LogP contribution in [0.15, 0.2) is 35.3 Å². The fourth-order valence-electron chi connectivity index (χ4n) is 2.74. The zero-order valence-electron chi connectivity index (χ0n) is 15.9. The molecule has 0 saturated carbocycles. The van der Waals surface area contributed by atoms with Gasteiger partial charge < -0.3 is 4.90 Å². The van der Waals surface area contributed by atoms with Gasteiger partial charge in [-0.2, -0.15) is 13.2 Å². The molecule has 0 aliphatic rings. The van der Waals surface area contributed by atoms with E-state index in [0.717, 1.165) is 28.9 Å². The van der Waals surface area contributed by atoms with E-state index in [9.17, 15) is 13.2 Å². The average molecular weight is 362 g/mol. The van der Waals surface area contributed by atoms with Gasteiger partial charge in [-0.15, -0.1) is 0 Å². The van der Waals surface area contributed by atoms with E-state index in [1.165, 1.54) is 13.0 Å². The largest absolute Gasteiger partial charge is 0.416 e. The predicted octanol–water partition coefficient (Wildman–Crippen LogP) is 5.83. The molecule has 0 saturated heterocycles. The molecular formula is C21H25F3N2. The summed E-state index contributed by atoms with van der Waals surface area (Å²) in [5.41, 5.74) is 4.28. The van der Waals surface area contributed by atoms with Crippen molar-refractivity contribution in [1.29, 1.82) is 0 Å². The van der Waals surface area contributed by atoms with Crippen molar-refractivity contribution >= 4 is 12.0 Å². The molecule has 0 amide bonds. The van der Waals surface area contributed by atoms with Crippen LogP contribution in [0.5, 0.6) is 0 Å². The summed E-state index contributed by atoms with van der Waals surface area (Å²) < 4.78 is 39.4. The maximum atomic E-state index is 13.1. The average Bonchev–Trinajstić information content (AvgIpc) is 2.56. The van der Waals surface area contributed by atoms with E-state index in [1.54, 1.807) is 18.5 Å². The van der Waals surface area contributed by atoms with Crippen molar-refractivity contribution in [2.45, 2.75) is 40.3 Å². The first-order valence-corrected chi connectivity index (χ1v) is 8.63. The molecule has 0 atom stereocenters. The molecule has 2 nitrogen and oxygen atoms in total. The summed E-state index contributed by atoms with van der Waals surface area (Å²) in [6, 6.07) is 8.57. The van der Waals surface area contributed by atoms with Crippen molar-refractivity contribution in [2.75, 3.05) is 13.6 Å². The maximum absolute atomic E-state index is 13.1. The summed E-state index contributed by atoms with van der Waals surface area (Å²) in [5, 5.41) is 0. The van der Waals surface area contributed by atoms with Gasteiger partial charge in [-0.3, -0.25) is 0 Å². The van der Waals surface area contributed by atoms with Gasteiger partial charge in [-0.05, 0) is 74.1 Å². The quantitative estimate of drug-likeness (QED) is 0.482. The van der Waals surface area contributed by atoms with Crippen LogP contribution in [0.4, 0.5) is 18.9 Å². The minimum Gasteiger partial charge on any atom is -0.366 e. The van der Waals surface area contributed by atoms with Gasteiger partial charge in [0.25, 0.3) is 0 Å². The van der Waals surface area contributed by atoms with E-state index in [0.29, 0.717) is 12.0 Å². The highest BCUT2D eigenvalue weighted by Gasteiger charge is 2.32. The first-order chi connectivity index (χ1) is 12.1. The zero-order valence-corrected chi connectivity index (χ0v) is 15.9. The molecule has 0 radical (unpaired) electrons. The third kappa shape index (κ3) is 4.87. The SMILES string of the molecule is CCN(C)/C=N\c1cc(C)c(Cc2ccc(C)c(C(F)(F)F)c2)cc1C. The van der Waals surface area contributed by atoms with Gasteiger partial charge in [-0.1, -0.05) is 18.2 Å². The predicted molar refractivity (Wildman–Crippen MR) is 101 cm³/mol. The monoisotopic (exact) mass is 362 g/mol. The van der Waals surface area contributed by atoms with Crippen LogP contribution in [-0.2, 0) is 12.6 Å². The minimum atomic E-state index is -4.32. The van der Waals surface area contributed by atoms with Crippen molar-refractivity contribution in [2.24, 2.45) is 4.99 Å². The third-order valence-electron chi connectivity index (χ3n) is 4.55. The molecule has 0 heterocycles. The fraction of sp³-hybridized carbons (Fsp3) is 0.381. The van der Waals surface area contributed by atoms with Crippen LogP contribution in [0, 0.1) is 20.8 Å². The first-order valence-electron chi connectivity index (χ1n) is 8.63. The van der Waals surface area contributed by atoms with Gasteiger partial charge in [0.2, 0.25) is 0 Å². The van der Waals surface area contributed by atoms with E-state index in [4.69, 9.17) is 0 Å². The molecule has 0 bridgehead atoms. The second-order valence-electron chi connectivity index (χ2n) is 6.71. The minimum absolute atomic E-state index is 0.249. The molecular weight excluding hydrogens is 337 g/mol. The molecule has 0 unspecified atom stereocenters. The lowest BCUT2D eigenvalue weighted by Crippen LogP contribution is -2.14. The zero-order chi connectivity index (χ0) is 19.5. The summed E-state index contributed by atoms with van der Waals surface area (Å²) in [6.45, 7) is 8.34. The number of halogens is 3. The maximum Gasteiger partial charge on any atom is 0.416 e. The van der Waals surface area contributed by atoms with Gasteiger partial charge in [0.05, 0.1) is 17.6 Å². The van der Waals surface area contributed by atoms with Gasteiger partial charge in [0, 0.05) is 13.6 Å². The highest BCUT2D eigenvalue weighted by atomic mass is 19.4. The summed E-state index contributed by atoms with van der Waals surface area (Å²) in [5.74, 6) is 0. The lowest BCUT2D eigenvalue weighted by molar-refractivity contribution is -0.138. The Bertz CT molecular complexity index is 808. The van der Waals surface area contributed by atoms with Crippen LogP contribution >= 0.6 is 0 Å². The smallest absolute Gasteiger partial charge is 0.366 e. The van der Waals surface area contributed by atoms with E-state index >= 15 is 0 Å². The number of alkyl halides is 3. The van der Waals surface area contributed by atoms with Gasteiger partial charge in [0.1, 0.15) is 0 Å². The summed E-state index contributed by atoms with van der Waals surface area (Å²) in [4.78, 5) is 6.48. The van der Waals surface area contributed by atoms with Crippen molar-refractivity contribution in [3.63, 3.8) is 0 Å². The highest BCUT2D eigenvalue weighted by Crippen LogP contribution is 2.33. The highest BCUT2D eigenvalue weighted by molar-refractivity contribution is 5.64. The van der Waals surface area contributed by atoms with E-state index in [1.807, 2.05) is 44.9 Å². The number of nitrogens with zero attached hydrogens (tertiary/aromatic N) is 2. The molecule has 2 rings (SSSR count). The van der Waals surface area contributed by atoms with Crippen molar-refractivity contribution in [3.05, 3.63) is 63.7 Å². The lowest BCUT2D eigenvalue weighted by Gasteiger charge is -2.14. The van der Waals surface area contributed by atoms with Crippen LogP contribution in [0.3, 0.4) is 0 Å². The molecule has 0 aromatic heterocycles. The number of benzene rings is 2. The van der Waals surface area contributed by atoms with Crippen LogP contribution in [0.25, 0.3) is 0 Å². The van der Waals surface area contributed by atoms with Gasteiger partial charge >= 0.3 is 6.18 Å². The van der Waals surface area contributed by atoms with Crippen LogP contribution in [0.1, 0.15) is 40.3 Å². The fourth-order valence-corrected chi connectivity index (χ4v) is 2.74. The second-order valence-corrected chi connectivity index (χ2v) is 6.71. The van der Waals surface area contributed by atoms with E-state index < -0.39 is 11.7 Å². The molecule has 5 heteroatoms. The Morgan fingerprint density at radius 1 is 1.00 bits per heavy atom. The van der Waals surface area contributed by atoms with Crippen LogP contribution in [-0.4, -0.2) is 24.8 Å². The van der Waals surface area contributed by atoms with Crippen molar-refractivity contribution in [3.8, 4) is 0 Å². The molecule has 2 aromatic carbocycles. The lowest BCUT2D eigenvalue weighted by atomic mass is 9.95. The Kier molecular flexibility index (Phi) is 6.11. The standard InChI is InChI=1S/C21H25F3N2/c1-6-26(5)13-25-20-10-15(3)18(9-16(20)4)11-17-8-7-14(2)19(12-17)21(22,23)24/h7-10,12-13H,6,11H2,1-5H3/b25-13-. The van der Waals surface area contributed by atoms with Crippen molar-refractivity contribution in [1.82, 2.24) is 4.90 Å². The normalized spacial score (nSPS) is 12.0. The molecule has 0 aliphatic heterocycles. The molecule has 0 N–H and O–H groups in total. The number of hydrogen-bond acceptors (Lipinski definition) is 1. The molecule has 140 valence electrons. The van der Waals surface area contributed by atoms with Gasteiger partial charge in [-0.25, -0.2) is 4.99 Å². The van der Waals surface area contributed by atoms with Crippen LogP contribution < -0.4 is 0 Å². The molecule has 2 aromatic rings. The Hall–Kier alpha value is -2.30. The Labute approximate surface area is 153 Å². The number of aryl methyl sites for hydroxylation is 3. The topological polar surface area (TPSA) is 15.6 Å². The second kappa shape index (κ2) is 7.94. The summed E-state index contributed by atoms with van der Waals surface area (Å²) in [7, 11) is 1.95. The third-order valence-corrected chi connectivity index (χ3v) is 4.55. The Morgan fingerprint density at radius 2 is 1.69 bits per heavy atom.